The maximum absolute atomic E-state index is 11.8. The molecule has 1 aliphatic carbocycles. The molecule has 0 unspecified atom stereocenters. The van der Waals surface area contributed by atoms with Gasteiger partial charge in [0.15, 0.2) is 0 Å². The van der Waals surface area contributed by atoms with Gasteiger partial charge in [0.1, 0.15) is 0 Å². The number of nitrogens with one attached hydrogen (secondary N) is 2. The van der Waals surface area contributed by atoms with E-state index in [1.165, 1.54) is 5.56 Å². The number of rotatable bonds is 4. The van der Waals surface area contributed by atoms with Crippen LogP contribution in [0.1, 0.15) is 43.0 Å². The summed E-state index contributed by atoms with van der Waals surface area (Å²) in [5, 5.41) is 14.8. The Balaban J connectivity index is 1.52. The highest BCUT2D eigenvalue weighted by molar-refractivity contribution is 5.13. The van der Waals surface area contributed by atoms with E-state index in [0.717, 1.165) is 37.9 Å². The highest BCUT2D eigenvalue weighted by Crippen LogP contribution is 2.26. The Labute approximate surface area is 123 Å². The van der Waals surface area contributed by atoms with Crippen LogP contribution >= 0.6 is 0 Å². The summed E-state index contributed by atoms with van der Waals surface area (Å²) >= 11 is 0. The molecular weight excluding hydrogens is 266 g/mol. The minimum absolute atomic E-state index is 0.00271. The fraction of sp³-hybridized carbons (Fsp3) is 0.533. The second-order valence-electron chi connectivity index (χ2n) is 5.71. The van der Waals surface area contributed by atoms with Crippen molar-refractivity contribution in [1.29, 1.82) is 0 Å². The molecule has 0 aromatic carbocycles. The lowest BCUT2D eigenvalue weighted by atomic mass is 9.91. The predicted molar refractivity (Wildman–Crippen MR) is 80.0 cm³/mol. The molecule has 2 heterocycles. The van der Waals surface area contributed by atoms with Crippen LogP contribution in [0.3, 0.4) is 0 Å². The van der Waals surface area contributed by atoms with E-state index in [1.807, 2.05) is 13.1 Å². The average Bonchev–Trinajstić information content (AvgIpc) is 2.92. The third-order valence-corrected chi connectivity index (χ3v) is 4.30. The first-order valence-electron chi connectivity index (χ1n) is 7.50. The third-order valence-electron chi connectivity index (χ3n) is 4.30. The molecule has 1 fully saturated rings. The Morgan fingerprint density at radius 2 is 2.19 bits per heavy atom. The van der Waals surface area contributed by atoms with Crippen LogP contribution in [0.5, 0.6) is 0 Å². The molecule has 0 radical (unpaired) electrons. The van der Waals surface area contributed by atoms with Crippen molar-refractivity contribution in [2.45, 2.75) is 51.2 Å². The molecule has 112 valence electrons. The lowest BCUT2D eigenvalue weighted by Gasteiger charge is -2.29. The largest absolute Gasteiger partial charge is 0.310 e. The van der Waals surface area contributed by atoms with Crippen LogP contribution < -0.4 is 10.9 Å². The van der Waals surface area contributed by atoms with Crippen molar-refractivity contribution < 1.29 is 0 Å². The van der Waals surface area contributed by atoms with Gasteiger partial charge in [0.2, 0.25) is 0 Å². The molecule has 3 rings (SSSR count). The van der Waals surface area contributed by atoms with Crippen molar-refractivity contribution in [3.8, 4) is 0 Å². The highest BCUT2D eigenvalue weighted by Gasteiger charge is 2.23. The van der Waals surface area contributed by atoms with E-state index < -0.39 is 0 Å². The minimum Gasteiger partial charge on any atom is -0.310 e. The minimum atomic E-state index is 0.00271. The van der Waals surface area contributed by atoms with Crippen LogP contribution in [-0.4, -0.2) is 26.0 Å². The van der Waals surface area contributed by atoms with Gasteiger partial charge in [-0.25, -0.2) is 4.68 Å². The van der Waals surface area contributed by atoms with Crippen molar-refractivity contribution in [3.05, 3.63) is 46.1 Å². The first-order chi connectivity index (χ1) is 10.2. The lowest BCUT2D eigenvalue weighted by Crippen LogP contribution is -2.36. The maximum Gasteiger partial charge on any atom is 0.266 e. The zero-order chi connectivity index (χ0) is 14.7. The van der Waals surface area contributed by atoms with Crippen molar-refractivity contribution in [2.24, 2.45) is 0 Å². The van der Waals surface area contributed by atoms with Crippen LogP contribution in [0.15, 0.2) is 29.3 Å². The van der Waals surface area contributed by atoms with E-state index in [9.17, 15) is 4.79 Å². The Kier molecular flexibility index (Phi) is 4.15. The summed E-state index contributed by atoms with van der Waals surface area (Å²) < 4.78 is 1.64. The van der Waals surface area contributed by atoms with Gasteiger partial charge >= 0.3 is 0 Å². The zero-order valence-corrected chi connectivity index (χ0v) is 12.2. The number of aromatic nitrogens is 4. The number of H-pyrrole nitrogens is 1. The van der Waals surface area contributed by atoms with Gasteiger partial charge in [-0.2, -0.15) is 10.2 Å². The van der Waals surface area contributed by atoms with Crippen molar-refractivity contribution >= 4 is 0 Å². The molecule has 1 saturated carbocycles. The Morgan fingerprint density at radius 1 is 1.38 bits per heavy atom. The maximum atomic E-state index is 11.8. The van der Waals surface area contributed by atoms with Crippen molar-refractivity contribution in [3.63, 3.8) is 0 Å². The van der Waals surface area contributed by atoms with Crippen LogP contribution in [0.2, 0.25) is 0 Å². The molecule has 6 nitrogen and oxygen atoms in total. The van der Waals surface area contributed by atoms with Gasteiger partial charge in [-0.1, -0.05) is 0 Å². The number of nitrogens with zero attached hydrogens (tertiary/aromatic N) is 3. The van der Waals surface area contributed by atoms with Gasteiger partial charge in [0, 0.05) is 36.1 Å². The normalized spacial score (nSPS) is 22.3. The molecule has 0 atom stereocenters. The van der Waals surface area contributed by atoms with Gasteiger partial charge in [0.05, 0.1) is 12.2 Å². The molecule has 1 aliphatic rings. The fourth-order valence-corrected chi connectivity index (χ4v) is 2.98. The second kappa shape index (κ2) is 6.22. The molecule has 0 spiro atoms. The Morgan fingerprint density at radius 3 is 2.86 bits per heavy atom. The number of aryl methyl sites for hydroxylation is 1. The Bertz CT molecular complexity index is 639. The molecule has 6 heteroatoms. The monoisotopic (exact) mass is 287 g/mol. The van der Waals surface area contributed by atoms with Crippen LogP contribution in [-0.2, 0) is 6.54 Å². The summed E-state index contributed by atoms with van der Waals surface area (Å²) in [6, 6.07) is 4.03. The SMILES string of the molecule is Cc1[nH]ncc1CNC1CCC(n2ncccc2=O)CC1. The number of aromatic amines is 1. The smallest absolute Gasteiger partial charge is 0.266 e. The van der Waals surface area contributed by atoms with E-state index >= 15 is 0 Å². The first kappa shape index (κ1) is 14.0. The molecule has 2 aromatic heterocycles. The quantitative estimate of drug-likeness (QED) is 0.894. The molecule has 2 aromatic rings. The highest BCUT2D eigenvalue weighted by atomic mass is 16.1. The van der Waals surface area contributed by atoms with Crippen molar-refractivity contribution in [1.82, 2.24) is 25.3 Å². The summed E-state index contributed by atoms with van der Waals surface area (Å²) in [6.07, 6.45) is 7.71. The van der Waals surface area contributed by atoms with Crippen LogP contribution in [0.4, 0.5) is 0 Å². The third kappa shape index (κ3) is 3.21. The average molecular weight is 287 g/mol. The first-order valence-corrected chi connectivity index (χ1v) is 7.50. The van der Waals surface area contributed by atoms with Gasteiger partial charge < -0.3 is 5.32 Å². The molecule has 0 amide bonds. The molecule has 0 aliphatic heterocycles. The molecule has 2 N–H and O–H groups in total. The molecular formula is C15H21N5O. The molecule has 0 bridgehead atoms. The summed E-state index contributed by atoms with van der Waals surface area (Å²) in [5.74, 6) is 0. The zero-order valence-electron chi connectivity index (χ0n) is 12.2. The van der Waals surface area contributed by atoms with E-state index in [-0.39, 0.29) is 11.6 Å². The molecule has 0 saturated heterocycles. The van der Waals surface area contributed by atoms with Gasteiger partial charge in [-0.05, 0) is 38.7 Å². The van der Waals surface area contributed by atoms with Crippen LogP contribution in [0.25, 0.3) is 0 Å². The van der Waals surface area contributed by atoms with Gasteiger partial charge in [-0.15, -0.1) is 0 Å². The fourth-order valence-electron chi connectivity index (χ4n) is 2.98. The summed E-state index contributed by atoms with van der Waals surface area (Å²) in [6.45, 7) is 2.88. The van der Waals surface area contributed by atoms with Gasteiger partial charge in [0.25, 0.3) is 5.56 Å². The number of hydrogen-bond donors (Lipinski definition) is 2. The van der Waals surface area contributed by atoms with Crippen molar-refractivity contribution in [2.75, 3.05) is 0 Å². The summed E-state index contributed by atoms with van der Waals surface area (Å²) in [4.78, 5) is 11.8. The van der Waals surface area contributed by atoms with Crippen LogP contribution in [0, 0.1) is 6.92 Å². The predicted octanol–water partition coefficient (Wildman–Crippen LogP) is 1.55. The van der Waals surface area contributed by atoms with E-state index in [2.05, 4.69) is 20.6 Å². The van der Waals surface area contributed by atoms with E-state index in [1.54, 1.807) is 23.0 Å². The second-order valence-corrected chi connectivity index (χ2v) is 5.71. The topological polar surface area (TPSA) is 75.6 Å². The summed E-state index contributed by atoms with van der Waals surface area (Å²) in [5.41, 5.74) is 2.34. The number of hydrogen-bond acceptors (Lipinski definition) is 4. The standard InChI is InChI=1S/C15H21N5O/c1-11-12(10-17-19-11)9-16-13-4-6-14(7-5-13)20-15(21)3-2-8-18-20/h2-3,8,10,13-14,16H,4-7,9H2,1H3,(H,17,19). The Hall–Kier alpha value is -1.95. The van der Waals surface area contributed by atoms with E-state index in [4.69, 9.17) is 0 Å². The van der Waals surface area contributed by atoms with Gasteiger partial charge in [-0.3, -0.25) is 9.89 Å². The summed E-state index contributed by atoms with van der Waals surface area (Å²) in [7, 11) is 0. The van der Waals surface area contributed by atoms with E-state index in [0.29, 0.717) is 6.04 Å². The lowest BCUT2D eigenvalue weighted by molar-refractivity contribution is 0.268. The molecule has 21 heavy (non-hydrogen) atoms.